The molecular formula is C19H14ClNO2. The van der Waals surface area contributed by atoms with Crippen LogP contribution in [0.2, 0.25) is 5.15 Å². The minimum absolute atomic E-state index is 0.202. The summed E-state index contributed by atoms with van der Waals surface area (Å²) < 4.78 is 5.82. The van der Waals surface area contributed by atoms with Crippen molar-refractivity contribution in [1.29, 1.82) is 0 Å². The largest absolute Gasteiger partial charge is 0.489 e. The number of rotatable bonds is 5. The molecule has 2 aromatic carbocycles. The molecule has 0 bridgehead atoms. The number of hydrogen-bond donors (Lipinski definition) is 0. The van der Waals surface area contributed by atoms with Gasteiger partial charge in [0.15, 0.2) is 6.29 Å². The van der Waals surface area contributed by atoms with Crippen molar-refractivity contribution >= 4 is 17.9 Å². The first kappa shape index (κ1) is 15.3. The van der Waals surface area contributed by atoms with Gasteiger partial charge in [0.25, 0.3) is 0 Å². The molecule has 0 saturated carbocycles. The number of pyridine rings is 1. The summed E-state index contributed by atoms with van der Waals surface area (Å²) in [5.74, 6) is 0.733. The van der Waals surface area contributed by atoms with Crippen LogP contribution in [0.4, 0.5) is 0 Å². The number of carbonyl (C=O) groups excluding carboxylic acids is 1. The number of nitrogens with zero attached hydrogens (tertiary/aromatic N) is 1. The fraction of sp³-hybridized carbons (Fsp3) is 0.0526. The molecule has 1 heterocycles. The monoisotopic (exact) mass is 323 g/mol. The maximum absolute atomic E-state index is 11.3. The summed E-state index contributed by atoms with van der Waals surface area (Å²) in [5.41, 5.74) is 3.08. The fourth-order valence-electron chi connectivity index (χ4n) is 2.31. The van der Waals surface area contributed by atoms with E-state index in [2.05, 4.69) is 4.98 Å². The first-order valence-corrected chi connectivity index (χ1v) is 7.52. The van der Waals surface area contributed by atoms with E-state index in [9.17, 15) is 4.79 Å². The van der Waals surface area contributed by atoms with E-state index in [1.807, 2.05) is 54.6 Å². The molecule has 0 N–H and O–H groups in total. The molecule has 0 spiro atoms. The van der Waals surface area contributed by atoms with Crippen molar-refractivity contribution in [3.05, 3.63) is 83.1 Å². The number of aldehydes is 1. The Morgan fingerprint density at radius 3 is 2.65 bits per heavy atom. The highest BCUT2D eigenvalue weighted by Crippen LogP contribution is 2.29. The summed E-state index contributed by atoms with van der Waals surface area (Å²) in [5, 5.41) is 0.202. The van der Waals surface area contributed by atoms with Crippen molar-refractivity contribution in [2.45, 2.75) is 6.61 Å². The topological polar surface area (TPSA) is 39.2 Å². The lowest BCUT2D eigenvalue weighted by Crippen LogP contribution is -1.96. The summed E-state index contributed by atoms with van der Waals surface area (Å²) >= 11 is 5.99. The summed E-state index contributed by atoms with van der Waals surface area (Å²) in [4.78, 5) is 15.2. The molecule has 1 aromatic heterocycles. The highest BCUT2D eigenvalue weighted by Gasteiger charge is 2.10. The Bertz CT molecular complexity index is 819. The molecule has 0 atom stereocenters. The molecule has 114 valence electrons. The molecule has 0 aliphatic heterocycles. The van der Waals surface area contributed by atoms with Crippen LogP contribution in [-0.2, 0) is 6.61 Å². The summed E-state index contributed by atoms with van der Waals surface area (Å²) in [6.45, 7) is 0.488. The van der Waals surface area contributed by atoms with Crippen LogP contribution in [0.5, 0.6) is 5.75 Å². The minimum atomic E-state index is 0.202. The van der Waals surface area contributed by atoms with Crippen molar-refractivity contribution in [2.24, 2.45) is 0 Å². The standard InChI is InChI=1S/C19H14ClNO2/c20-19-18(12-22)17(9-10-21-19)15-7-4-8-16(11-15)23-13-14-5-2-1-3-6-14/h1-12H,13H2. The maximum Gasteiger partial charge on any atom is 0.153 e. The normalized spacial score (nSPS) is 10.3. The Labute approximate surface area is 139 Å². The third kappa shape index (κ3) is 3.58. The van der Waals surface area contributed by atoms with Crippen molar-refractivity contribution in [3.8, 4) is 16.9 Å². The molecule has 3 aromatic rings. The van der Waals surface area contributed by atoms with E-state index in [1.165, 1.54) is 0 Å². The van der Waals surface area contributed by atoms with Gasteiger partial charge in [0.1, 0.15) is 17.5 Å². The van der Waals surface area contributed by atoms with Crippen LogP contribution >= 0.6 is 11.6 Å². The molecule has 0 aliphatic carbocycles. The molecule has 0 fully saturated rings. The van der Waals surface area contributed by atoms with Crippen LogP contribution in [0.25, 0.3) is 11.1 Å². The third-order valence-electron chi connectivity index (χ3n) is 3.45. The Morgan fingerprint density at radius 1 is 1.04 bits per heavy atom. The Balaban J connectivity index is 1.86. The average molecular weight is 324 g/mol. The molecule has 23 heavy (non-hydrogen) atoms. The van der Waals surface area contributed by atoms with E-state index in [-0.39, 0.29) is 5.15 Å². The van der Waals surface area contributed by atoms with Crippen LogP contribution in [0.15, 0.2) is 66.9 Å². The van der Waals surface area contributed by atoms with Gasteiger partial charge in [0.05, 0.1) is 5.56 Å². The van der Waals surface area contributed by atoms with Gasteiger partial charge in [-0.1, -0.05) is 54.1 Å². The van der Waals surface area contributed by atoms with Gasteiger partial charge >= 0.3 is 0 Å². The van der Waals surface area contributed by atoms with E-state index in [0.717, 1.165) is 28.7 Å². The molecular weight excluding hydrogens is 310 g/mol. The zero-order valence-electron chi connectivity index (χ0n) is 12.3. The lowest BCUT2D eigenvalue weighted by Gasteiger charge is -2.10. The second-order valence-corrected chi connectivity index (χ2v) is 5.34. The molecule has 3 rings (SSSR count). The van der Waals surface area contributed by atoms with Gasteiger partial charge in [0.2, 0.25) is 0 Å². The van der Waals surface area contributed by atoms with E-state index < -0.39 is 0 Å². The van der Waals surface area contributed by atoms with Gasteiger partial charge in [0, 0.05) is 6.20 Å². The SMILES string of the molecule is O=Cc1c(-c2cccc(OCc3ccccc3)c2)ccnc1Cl. The smallest absolute Gasteiger partial charge is 0.153 e. The van der Waals surface area contributed by atoms with Gasteiger partial charge in [-0.15, -0.1) is 0 Å². The summed E-state index contributed by atoms with van der Waals surface area (Å²) in [6, 6.07) is 19.3. The Kier molecular flexibility index (Phi) is 4.69. The molecule has 0 radical (unpaired) electrons. The van der Waals surface area contributed by atoms with Crippen molar-refractivity contribution in [2.75, 3.05) is 0 Å². The fourth-order valence-corrected chi connectivity index (χ4v) is 2.51. The van der Waals surface area contributed by atoms with Gasteiger partial charge in [-0.05, 0) is 34.9 Å². The number of hydrogen-bond acceptors (Lipinski definition) is 3. The van der Waals surface area contributed by atoms with Gasteiger partial charge in [-0.25, -0.2) is 4.98 Å². The van der Waals surface area contributed by atoms with Crippen molar-refractivity contribution in [3.63, 3.8) is 0 Å². The van der Waals surface area contributed by atoms with Crippen LogP contribution < -0.4 is 4.74 Å². The molecule has 0 aliphatic rings. The first-order chi connectivity index (χ1) is 11.3. The van der Waals surface area contributed by atoms with E-state index in [1.54, 1.807) is 12.3 Å². The number of ether oxygens (including phenoxy) is 1. The lowest BCUT2D eigenvalue weighted by molar-refractivity contribution is 0.112. The Morgan fingerprint density at radius 2 is 1.87 bits per heavy atom. The number of aromatic nitrogens is 1. The second-order valence-electron chi connectivity index (χ2n) is 4.98. The lowest BCUT2D eigenvalue weighted by atomic mass is 10.0. The minimum Gasteiger partial charge on any atom is -0.489 e. The second kappa shape index (κ2) is 7.07. The predicted molar refractivity (Wildman–Crippen MR) is 90.8 cm³/mol. The molecule has 0 saturated heterocycles. The third-order valence-corrected chi connectivity index (χ3v) is 3.75. The summed E-state index contributed by atoms with van der Waals surface area (Å²) in [6.07, 6.45) is 2.31. The first-order valence-electron chi connectivity index (χ1n) is 7.15. The average Bonchev–Trinajstić information content (AvgIpc) is 2.61. The molecule has 4 heteroatoms. The van der Waals surface area contributed by atoms with Crippen LogP contribution in [0.1, 0.15) is 15.9 Å². The van der Waals surface area contributed by atoms with E-state index in [0.29, 0.717) is 12.2 Å². The van der Waals surface area contributed by atoms with Crippen LogP contribution in [0.3, 0.4) is 0 Å². The van der Waals surface area contributed by atoms with Crippen molar-refractivity contribution < 1.29 is 9.53 Å². The quantitative estimate of drug-likeness (QED) is 0.500. The zero-order chi connectivity index (χ0) is 16.1. The van der Waals surface area contributed by atoms with Crippen LogP contribution in [-0.4, -0.2) is 11.3 Å². The van der Waals surface area contributed by atoms with E-state index in [4.69, 9.17) is 16.3 Å². The Hall–Kier alpha value is -2.65. The van der Waals surface area contributed by atoms with E-state index >= 15 is 0 Å². The van der Waals surface area contributed by atoms with Gasteiger partial charge in [-0.2, -0.15) is 0 Å². The highest BCUT2D eigenvalue weighted by molar-refractivity contribution is 6.32. The van der Waals surface area contributed by atoms with Gasteiger partial charge in [-0.3, -0.25) is 4.79 Å². The predicted octanol–water partition coefficient (Wildman–Crippen LogP) is 4.79. The molecule has 3 nitrogen and oxygen atoms in total. The van der Waals surface area contributed by atoms with Crippen molar-refractivity contribution in [1.82, 2.24) is 4.98 Å². The van der Waals surface area contributed by atoms with Crippen LogP contribution in [0, 0.1) is 0 Å². The van der Waals surface area contributed by atoms with Gasteiger partial charge < -0.3 is 4.74 Å². The zero-order valence-corrected chi connectivity index (χ0v) is 13.0. The molecule has 0 amide bonds. The highest BCUT2D eigenvalue weighted by atomic mass is 35.5. The summed E-state index contributed by atoms with van der Waals surface area (Å²) in [7, 11) is 0. The number of carbonyl (C=O) groups is 1. The maximum atomic E-state index is 11.3. The number of halogens is 1. The number of benzene rings is 2. The molecule has 0 unspecified atom stereocenters.